The summed E-state index contributed by atoms with van der Waals surface area (Å²) in [5.41, 5.74) is 4.66. The second kappa shape index (κ2) is 6.75. The van der Waals surface area contributed by atoms with Crippen LogP contribution in [0, 0.1) is 0 Å². The van der Waals surface area contributed by atoms with Gasteiger partial charge in [-0.15, -0.1) is 0 Å². The molecule has 0 aromatic carbocycles. The van der Waals surface area contributed by atoms with Crippen molar-refractivity contribution in [3.05, 3.63) is 0 Å². The summed E-state index contributed by atoms with van der Waals surface area (Å²) >= 11 is 0. The summed E-state index contributed by atoms with van der Waals surface area (Å²) in [6.45, 7) is 3.87. The second-order valence-corrected chi connectivity index (χ2v) is 6.39. The molecule has 1 amide bonds. The van der Waals surface area contributed by atoms with Crippen LogP contribution in [0.15, 0.2) is 0 Å². The van der Waals surface area contributed by atoms with Crippen molar-refractivity contribution in [2.75, 3.05) is 26.2 Å². The minimum absolute atomic E-state index is 0.110. The Bertz CT molecular complexity index is 396. The summed E-state index contributed by atoms with van der Waals surface area (Å²) in [4.78, 5) is 27.5. The van der Waals surface area contributed by atoms with Gasteiger partial charge in [-0.05, 0) is 26.2 Å². The highest BCUT2D eigenvalue weighted by molar-refractivity contribution is 5.81. The van der Waals surface area contributed by atoms with Crippen molar-refractivity contribution in [2.45, 2.75) is 57.0 Å². The maximum Gasteiger partial charge on any atom is 0.325 e. The number of carbonyl (C=O) groups is 2. The van der Waals surface area contributed by atoms with Gasteiger partial charge in [-0.25, -0.2) is 0 Å². The van der Waals surface area contributed by atoms with Crippen LogP contribution in [0.4, 0.5) is 0 Å². The predicted molar refractivity (Wildman–Crippen MR) is 79.9 cm³/mol. The lowest BCUT2D eigenvalue weighted by molar-refractivity contribution is -0.143. The van der Waals surface area contributed by atoms with Crippen LogP contribution in [0.3, 0.4) is 0 Å². The van der Waals surface area contributed by atoms with Gasteiger partial charge in [-0.2, -0.15) is 0 Å². The van der Waals surface area contributed by atoms with E-state index >= 15 is 0 Å². The third kappa shape index (κ3) is 3.74. The van der Waals surface area contributed by atoms with E-state index in [1.807, 2.05) is 16.7 Å². The third-order valence-electron chi connectivity index (χ3n) is 4.84. The van der Waals surface area contributed by atoms with E-state index in [0.29, 0.717) is 19.0 Å². The molecule has 1 saturated heterocycles. The Labute approximate surface area is 126 Å². The van der Waals surface area contributed by atoms with Crippen LogP contribution in [-0.4, -0.2) is 64.5 Å². The Morgan fingerprint density at radius 1 is 1.33 bits per heavy atom. The van der Waals surface area contributed by atoms with E-state index in [1.165, 1.54) is 19.3 Å². The molecule has 0 bridgehead atoms. The number of rotatable bonds is 5. The van der Waals surface area contributed by atoms with E-state index in [9.17, 15) is 9.59 Å². The fourth-order valence-corrected chi connectivity index (χ4v) is 3.54. The molecule has 1 atom stereocenters. The van der Waals surface area contributed by atoms with Crippen molar-refractivity contribution in [1.29, 1.82) is 0 Å². The Kier molecular flexibility index (Phi) is 5.22. The molecule has 1 saturated carbocycles. The van der Waals surface area contributed by atoms with E-state index in [0.717, 1.165) is 19.4 Å². The quantitative estimate of drug-likeness (QED) is 0.778. The molecule has 1 unspecified atom stereocenters. The van der Waals surface area contributed by atoms with Gasteiger partial charge in [0, 0.05) is 25.7 Å². The van der Waals surface area contributed by atoms with Crippen LogP contribution >= 0.6 is 0 Å². The molecule has 2 rings (SSSR count). The summed E-state index contributed by atoms with van der Waals surface area (Å²) in [5, 5.41) is 9.14. The van der Waals surface area contributed by atoms with Crippen molar-refractivity contribution in [3.63, 3.8) is 0 Å². The molecule has 0 aromatic heterocycles. The normalized spacial score (nSPS) is 27.7. The maximum atomic E-state index is 12.5. The average Bonchev–Trinajstić information content (AvgIpc) is 2.83. The van der Waals surface area contributed by atoms with Crippen LogP contribution in [0.2, 0.25) is 0 Å². The first-order valence-corrected chi connectivity index (χ1v) is 8.00. The molecule has 2 fully saturated rings. The highest BCUT2D eigenvalue weighted by Crippen LogP contribution is 2.24. The van der Waals surface area contributed by atoms with E-state index in [2.05, 4.69) is 0 Å². The van der Waals surface area contributed by atoms with Crippen molar-refractivity contribution >= 4 is 11.9 Å². The maximum absolute atomic E-state index is 12.5. The van der Waals surface area contributed by atoms with Crippen LogP contribution in [-0.2, 0) is 9.59 Å². The molecule has 0 radical (unpaired) electrons. The third-order valence-corrected chi connectivity index (χ3v) is 4.84. The fraction of sp³-hybridized carbons (Fsp3) is 0.867. The number of amides is 1. The van der Waals surface area contributed by atoms with E-state index in [1.54, 1.807) is 0 Å². The Hall–Kier alpha value is -1.14. The van der Waals surface area contributed by atoms with E-state index in [4.69, 9.17) is 10.8 Å². The summed E-state index contributed by atoms with van der Waals surface area (Å²) in [6, 6.07) is 0.362. The molecule has 1 heterocycles. The number of hydrogen-bond donors (Lipinski definition) is 2. The summed E-state index contributed by atoms with van der Waals surface area (Å²) < 4.78 is 0. The zero-order valence-electron chi connectivity index (χ0n) is 12.9. The second-order valence-electron chi connectivity index (χ2n) is 6.39. The molecular formula is C15H27N3O3. The molecule has 120 valence electrons. The van der Waals surface area contributed by atoms with Gasteiger partial charge in [0.1, 0.15) is 5.54 Å². The zero-order valence-corrected chi connectivity index (χ0v) is 12.9. The lowest BCUT2D eigenvalue weighted by Gasteiger charge is -2.34. The van der Waals surface area contributed by atoms with Crippen LogP contribution in [0.25, 0.3) is 0 Å². The van der Waals surface area contributed by atoms with E-state index < -0.39 is 11.5 Å². The van der Waals surface area contributed by atoms with E-state index in [-0.39, 0.29) is 19.0 Å². The molecule has 6 heteroatoms. The Balaban J connectivity index is 1.89. The molecule has 0 aromatic rings. The minimum Gasteiger partial charge on any atom is -0.480 e. The van der Waals surface area contributed by atoms with Crippen LogP contribution in [0.5, 0.6) is 0 Å². The number of hydrogen-bond acceptors (Lipinski definition) is 4. The largest absolute Gasteiger partial charge is 0.480 e. The van der Waals surface area contributed by atoms with Gasteiger partial charge in [-0.3, -0.25) is 14.5 Å². The van der Waals surface area contributed by atoms with Gasteiger partial charge in [0.2, 0.25) is 5.91 Å². The molecule has 1 aliphatic heterocycles. The highest BCUT2D eigenvalue weighted by Gasteiger charge is 2.42. The van der Waals surface area contributed by atoms with Gasteiger partial charge in [0.15, 0.2) is 0 Å². The number of likely N-dealkylation sites (tertiary alicyclic amines) is 1. The summed E-state index contributed by atoms with van der Waals surface area (Å²) in [5.74, 6) is -0.865. The fourth-order valence-electron chi connectivity index (χ4n) is 3.54. The topological polar surface area (TPSA) is 86.9 Å². The summed E-state index contributed by atoms with van der Waals surface area (Å²) in [7, 11) is 0. The van der Waals surface area contributed by atoms with Gasteiger partial charge in [-0.1, -0.05) is 19.3 Å². The predicted octanol–water partition coefficient (Wildman–Crippen LogP) is 0.655. The van der Waals surface area contributed by atoms with Gasteiger partial charge in [0.05, 0.1) is 6.54 Å². The number of nitrogens with zero attached hydrogens (tertiary/aromatic N) is 2. The first-order valence-electron chi connectivity index (χ1n) is 8.00. The number of carboxylic acid groups (broad SMARTS) is 1. The number of carbonyl (C=O) groups excluding carboxylic acids is 1. The molecule has 3 N–H and O–H groups in total. The van der Waals surface area contributed by atoms with Crippen LogP contribution < -0.4 is 5.73 Å². The van der Waals surface area contributed by atoms with Gasteiger partial charge < -0.3 is 15.7 Å². The Morgan fingerprint density at radius 2 is 2.00 bits per heavy atom. The van der Waals surface area contributed by atoms with Crippen molar-refractivity contribution in [2.24, 2.45) is 5.73 Å². The zero-order chi connectivity index (χ0) is 15.5. The minimum atomic E-state index is -1.19. The average molecular weight is 297 g/mol. The van der Waals surface area contributed by atoms with Crippen molar-refractivity contribution < 1.29 is 14.7 Å². The van der Waals surface area contributed by atoms with Crippen molar-refractivity contribution in [3.8, 4) is 0 Å². The SMILES string of the molecule is CCN(C(=O)CN1CCC(N)(C(=O)O)C1)C1CCCCC1. The first kappa shape index (κ1) is 16.2. The van der Waals surface area contributed by atoms with Gasteiger partial charge in [0.25, 0.3) is 0 Å². The van der Waals surface area contributed by atoms with Crippen LogP contribution in [0.1, 0.15) is 45.4 Å². The smallest absolute Gasteiger partial charge is 0.325 e. The highest BCUT2D eigenvalue weighted by atomic mass is 16.4. The molecular weight excluding hydrogens is 270 g/mol. The molecule has 1 aliphatic carbocycles. The summed E-state index contributed by atoms with van der Waals surface area (Å²) in [6.07, 6.45) is 6.26. The van der Waals surface area contributed by atoms with Crippen molar-refractivity contribution in [1.82, 2.24) is 9.80 Å². The lowest BCUT2D eigenvalue weighted by Crippen LogP contribution is -2.51. The molecule has 0 spiro atoms. The lowest BCUT2D eigenvalue weighted by atomic mass is 9.94. The monoisotopic (exact) mass is 297 g/mol. The molecule has 2 aliphatic rings. The first-order chi connectivity index (χ1) is 9.96. The number of aliphatic carboxylic acids is 1. The number of likely N-dealkylation sites (N-methyl/N-ethyl adjacent to an activating group) is 1. The van der Waals surface area contributed by atoms with Gasteiger partial charge >= 0.3 is 5.97 Å². The standard InChI is InChI=1S/C15H27N3O3/c1-2-18(12-6-4-3-5-7-12)13(19)10-17-9-8-15(16,11-17)14(20)21/h12H,2-11,16H2,1H3,(H,20,21). The molecule has 21 heavy (non-hydrogen) atoms. The molecule has 6 nitrogen and oxygen atoms in total. The Morgan fingerprint density at radius 3 is 2.52 bits per heavy atom. The number of carboxylic acids is 1. The number of nitrogens with two attached hydrogens (primary N) is 1.